The quantitative estimate of drug-likeness (QED) is 0.715. The van der Waals surface area contributed by atoms with E-state index in [9.17, 15) is 9.90 Å². The van der Waals surface area contributed by atoms with Gasteiger partial charge in [0.25, 0.3) is 0 Å². The lowest BCUT2D eigenvalue weighted by atomic mass is 10.1. The smallest absolute Gasteiger partial charge is 0.159 e. The van der Waals surface area contributed by atoms with Crippen LogP contribution in [-0.2, 0) is 11.2 Å². The van der Waals surface area contributed by atoms with E-state index >= 15 is 0 Å². The first-order valence-corrected chi connectivity index (χ1v) is 4.07. The molecule has 0 heterocycles. The number of carbonyl (C=O) groups is 1. The Kier molecular flexibility index (Phi) is 2.85. The molecule has 1 aromatic carbocycles. The van der Waals surface area contributed by atoms with Crippen LogP contribution < -0.4 is 0 Å². The first-order valence-electron chi connectivity index (χ1n) is 4.07. The van der Waals surface area contributed by atoms with Crippen LogP contribution in [0.25, 0.3) is 0 Å². The Bertz CT molecular complexity index is 340. The van der Waals surface area contributed by atoms with E-state index in [2.05, 4.69) is 6.58 Å². The molecular weight excluding hydrogens is 164 g/mol. The average molecular weight is 176 g/mol. The summed E-state index contributed by atoms with van der Waals surface area (Å²) in [5.74, 6) is 0.192. The second kappa shape index (κ2) is 3.90. The van der Waals surface area contributed by atoms with E-state index in [0.29, 0.717) is 6.42 Å². The van der Waals surface area contributed by atoms with Crippen molar-refractivity contribution in [1.82, 2.24) is 0 Å². The summed E-state index contributed by atoms with van der Waals surface area (Å²) in [5.41, 5.74) is 1.63. The molecule has 0 saturated heterocycles. The second-order valence-corrected chi connectivity index (χ2v) is 2.97. The number of benzene rings is 1. The molecule has 0 aromatic heterocycles. The molecular formula is C11H12O2. The maximum atomic E-state index is 11.0. The standard InChI is InChI=1S/C11H12O2/c1-3-10(12)6-9-5-4-8(2)11(13)7-9/h3-5,7,13H,1,6H2,2H3. The highest BCUT2D eigenvalue weighted by Gasteiger charge is 2.01. The Labute approximate surface area is 77.5 Å². The summed E-state index contributed by atoms with van der Waals surface area (Å²) in [6.45, 7) is 5.20. The lowest BCUT2D eigenvalue weighted by Crippen LogP contribution is -1.97. The van der Waals surface area contributed by atoms with Gasteiger partial charge in [-0.1, -0.05) is 18.7 Å². The third kappa shape index (κ3) is 2.44. The van der Waals surface area contributed by atoms with Gasteiger partial charge >= 0.3 is 0 Å². The van der Waals surface area contributed by atoms with Gasteiger partial charge in [0, 0.05) is 6.42 Å². The minimum absolute atomic E-state index is 0.0387. The minimum atomic E-state index is -0.0387. The first-order chi connectivity index (χ1) is 6.13. The molecule has 0 radical (unpaired) electrons. The van der Waals surface area contributed by atoms with Crippen LogP contribution in [0.3, 0.4) is 0 Å². The largest absolute Gasteiger partial charge is 0.508 e. The Morgan fingerprint density at radius 1 is 1.62 bits per heavy atom. The van der Waals surface area contributed by atoms with E-state index < -0.39 is 0 Å². The van der Waals surface area contributed by atoms with Crippen molar-refractivity contribution in [3.8, 4) is 5.75 Å². The molecule has 13 heavy (non-hydrogen) atoms. The number of phenols is 1. The molecule has 1 N–H and O–H groups in total. The zero-order valence-electron chi connectivity index (χ0n) is 7.58. The van der Waals surface area contributed by atoms with E-state index in [0.717, 1.165) is 11.1 Å². The van der Waals surface area contributed by atoms with Crippen LogP contribution in [0.5, 0.6) is 5.75 Å². The molecule has 2 heteroatoms. The summed E-state index contributed by atoms with van der Waals surface area (Å²) in [6.07, 6.45) is 1.59. The zero-order chi connectivity index (χ0) is 9.84. The van der Waals surface area contributed by atoms with Gasteiger partial charge in [0.05, 0.1) is 0 Å². The third-order valence-electron chi connectivity index (χ3n) is 1.88. The van der Waals surface area contributed by atoms with E-state index in [4.69, 9.17) is 0 Å². The first kappa shape index (κ1) is 9.52. The third-order valence-corrected chi connectivity index (χ3v) is 1.88. The topological polar surface area (TPSA) is 37.3 Å². The number of phenolic OH excluding ortho intramolecular Hbond substituents is 1. The molecule has 1 rings (SSSR count). The Balaban J connectivity index is 2.85. The van der Waals surface area contributed by atoms with Gasteiger partial charge < -0.3 is 5.11 Å². The van der Waals surface area contributed by atoms with Crippen LogP contribution in [0.15, 0.2) is 30.9 Å². The number of rotatable bonds is 3. The SMILES string of the molecule is C=CC(=O)Cc1ccc(C)c(O)c1. The van der Waals surface area contributed by atoms with Crippen LogP contribution >= 0.6 is 0 Å². The summed E-state index contributed by atoms with van der Waals surface area (Å²) in [6, 6.07) is 5.23. The lowest BCUT2D eigenvalue weighted by Gasteiger charge is -2.01. The molecule has 0 amide bonds. The predicted octanol–water partition coefficient (Wildman–Crippen LogP) is 2.00. The van der Waals surface area contributed by atoms with E-state index in [1.54, 1.807) is 12.1 Å². The average Bonchev–Trinajstić information content (AvgIpc) is 2.11. The Morgan fingerprint density at radius 3 is 2.85 bits per heavy atom. The van der Waals surface area contributed by atoms with Gasteiger partial charge in [-0.3, -0.25) is 4.79 Å². The molecule has 2 nitrogen and oxygen atoms in total. The van der Waals surface area contributed by atoms with Crippen molar-refractivity contribution < 1.29 is 9.90 Å². The molecule has 0 atom stereocenters. The molecule has 0 aliphatic rings. The Morgan fingerprint density at radius 2 is 2.31 bits per heavy atom. The molecule has 0 fully saturated rings. The molecule has 0 unspecified atom stereocenters. The van der Waals surface area contributed by atoms with Crippen molar-refractivity contribution in [3.05, 3.63) is 42.0 Å². The number of ketones is 1. The summed E-state index contributed by atoms with van der Waals surface area (Å²) in [4.78, 5) is 11.0. The number of hydrogen-bond acceptors (Lipinski definition) is 2. The minimum Gasteiger partial charge on any atom is -0.508 e. The fraction of sp³-hybridized carbons (Fsp3) is 0.182. The van der Waals surface area contributed by atoms with Gasteiger partial charge in [0.15, 0.2) is 5.78 Å². The molecule has 68 valence electrons. The van der Waals surface area contributed by atoms with E-state index in [-0.39, 0.29) is 11.5 Å². The highest BCUT2D eigenvalue weighted by molar-refractivity contribution is 5.90. The fourth-order valence-corrected chi connectivity index (χ4v) is 1.04. The van der Waals surface area contributed by atoms with Gasteiger partial charge in [-0.05, 0) is 30.2 Å². The van der Waals surface area contributed by atoms with Gasteiger partial charge in [0.1, 0.15) is 5.75 Å². The molecule has 0 aliphatic heterocycles. The monoisotopic (exact) mass is 176 g/mol. The molecule has 0 bridgehead atoms. The van der Waals surface area contributed by atoms with Crippen LogP contribution in [0.2, 0.25) is 0 Å². The van der Waals surface area contributed by atoms with Crippen LogP contribution in [0, 0.1) is 6.92 Å². The number of carbonyl (C=O) groups excluding carboxylic acids is 1. The van der Waals surface area contributed by atoms with E-state index in [1.165, 1.54) is 6.08 Å². The zero-order valence-corrected chi connectivity index (χ0v) is 7.58. The van der Waals surface area contributed by atoms with Gasteiger partial charge in [-0.15, -0.1) is 0 Å². The lowest BCUT2D eigenvalue weighted by molar-refractivity contribution is -0.114. The predicted molar refractivity (Wildman–Crippen MR) is 51.8 cm³/mol. The summed E-state index contributed by atoms with van der Waals surface area (Å²) in [5, 5.41) is 9.35. The van der Waals surface area contributed by atoms with Crippen molar-refractivity contribution in [2.45, 2.75) is 13.3 Å². The van der Waals surface area contributed by atoms with Crippen molar-refractivity contribution >= 4 is 5.78 Å². The number of hydrogen-bond donors (Lipinski definition) is 1. The van der Waals surface area contributed by atoms with E-state index in [1.807, 2.05) is 13.0 Å². The second-order valence-electron chi connectivity index (χ2n) is 2.97. The summed E-state index contributed by atoms with van der Waals surface area (Å²) < 4.78 is 0. The maximum Gasteiger partial charge on any atom is 0.159 e. The van der Waals surface area contributed by atoms with Crippen molar-refractivity contribution in [2.75, 3.05) is 0 Å². The maximum absolute atomic E-state index is 11.0. The number of allylic oxidation sites excluding steroid dienone is 1. The van der Waals surface area contributed by atoms with Crippen LogP contribution in [0.1, 0.15) is 11.1 Å². The summed E-state index contributed by atoms with van der Waals surface area (Å²) >= 11 is 0. The van der Waals surface area contributed by atoms with Crippen LogP contribution in [0.4, 0.5) is 0 Å². The van der Waals surface area contributed by atoms with Crippen molar-refractivity contribution in [3.63, 3.8) is 0 Å². The van der Waals surface area contributed by atoms with Crippen molar-refractivity contribution in [1.29, 1.82) is 0 Å². The molecule has 0 aliphatic carbocycles. The number of aromatic hydroxyl groups is 1. The normalized spacial score (nSPS) is 9.62. The summed E-state index contributed by atoms with van der Waals surface area (Å²) in [7, 11) is 0. The van der Waals surface area contributed by atoms with Crippen LogP contribution in [-0.4, -0.2) is 10.9 Å². The van der Waals surface area contributed by atoms with Gasteiger partial charge in [-0.2, -0.15) is 0 Å². The van der Waals surface area contributed by atoms with Gasteiger partial charge in [0.2, 0.25) is 0 Å². The Hall–Kier alpha value is -1.57. The molecule has 1 aromatic rings. The highest BCUT2D eigenvalue weighted by Crippen LogP contribution is 2.17. The molecule has 0 saturated carbocycles. The molecule has 0 spiro atoms. The highest BCUT2D eigenvalue weighted by atomic mass is 16.3. The fourth-order valence-electron chi connectivity index (χ4n) is 1.04. The van der Waals surface area contributed by atoms with Crippen molar-refractivity contribution in [2.24, 2.45) is 0 Å². The van der Waals surface area contributed by atoms with Gasteiger partial charge in [-0.25, -0.2) is 0 Å². The number of aryl methyl sites for hydroxylation is 1.